The van der Waals surface area contributed by atoms with Gasteiger partial charge in [0.25, 0.3) is 0 Å². The summed E-state index contributed by atoms with van der Waals surface area (Å²) in [5, 5.41) is 10.5. The van der Waals surface area contributed by atoms with Gasteiger partial charge in [-0.25, -0.2) is 0 Å². The van der Waals surface area contributed by atoms with Crippen molar-refractivity contribution in [1.82, 2.24) is 24.6 Å². The Balaban J connectivity index is 1.43. The first-order valence-electron chi connectivity index (χ1n) is 15.1. The fraction of sp³-hybridized carbons (Fsp3) is 0.531. The van der Waals surface area contributed by atoms with Gasteiger partial charge in [0.15, 0.2) is 11.6 Å². The molecule has 1 saturated heterocycles. The Kier molecular flexibility index (Phi) is 10.0. The van der Waals surface area contributed by atoms with E-state index in [-0.39, 0.29) is 18.0 Å². The highest BCUT2D eigenvalue weighted by molar-refractivity contribution is 7.17. The lowest BCUT2D eigenvalue weighted by Gasteiger charge is -2.32. The molecule has 0 bridgehead atoms. The Morgan fingerprint density at radius 1 is 1.00 bits per heavy atom. The van der Waals surface area contributed by atoms with Crippen LogP contribution in [0.25, 0.3) is 5.00 Å². The van der Waals surface area contributed by atoms with E-state index < -0.39 is 6.04 Å². The Labute approximate surface area is 257 Å². The molecule has 2 aliphatic rings. The first-order valence-corrected chi connectivity index (χ1v) is 16.3. The number of benzene rings is 1. The first kappa shape index (κ1) is 30.7. The number of halogens is 1. The van der Waals surface area contributed by atoms with Crippen molar-refractivity contribution in [1.29, 1.82) is 0 Å². The van der Waals surface area contributed by atoms with Gasteiger partial charge in [0, 0.05) is 61.6 Å². The van der Waals surface area contributed by atoms with Crippen LogP contribution in [0.4, 0.5) is 0 Å². The number of aromatic nitrogens is 3. The molecule has 0 spiro atoms. The smallest absolute Gasteiger partial charge is 0.173 e. The average Bonchev–Trinajstić information content (AvgIpc) is 3.48. The van der Waals surface area contributed by atoms with Crippen molar-refractivity contribution in [2.24, 2.45) is 4.99 Å². The van der Waals surface area contributed by atoms with Gasteiger partial charge in [0.2, 0.25) is 0 Å². The lowest BCUT2D eigenvalue weighted by molar-refractivity contribution is -0.119. The van der Waals surface area contributed by atoms with Crippen molar-refractivity contribution in [2.75, 3.05) is 39.8 Å². The maximum absolute atomic E-state index is 13.3. The molecular weight excluding hydrogens is 568 g/mol. The van der Waals surface area contributed by atoms with Crippen LogP contribution in [-0.4, -0.2) is 81.6 Å². The van der Waals surface area contributed by atoms with E-state index in [0.717, 1.165) is 96.5 Å². The molecular formula is C32H41ClN6O2S. The van der Waals surface area contributed by atoms with Crippen LogP contribution in [0.1, 0.15) is 95.9 Å². The summed E-state index contributed by atoms with van der Waals surface area (Å²) in [6.07, 6.45) is 5.01. The summed E-state index contributed by atoms with van der Waals surface area (Å²) in [5.41, 5.74) is 3.49. The van der Waals surface area contributed by atoms with Gasteiger partial charge < -0.3 is 9.80 Å². The van der Waals surface area contributed by atoms with Crippen LogP contribution in [0.3, 0.4) is 0 Å². The molecule has 0 aliphatic carbocycles. The fourth-order valence-corrected chi connectivity index (χ4v) is 7.24. The second-order valence-corrected chi connectivity index (χ2v) is 13.0. The second kappa shape index (κ2) is 13.7. The molecule has 2 aromatic heterocycles. The Bertz CT molecular complexity index is 1450. The van der Waals surface area contributed by atoms with E-state index in [0.29, 0.717) is 23.7 Å². The molecule has 1 fully saturated rings. The van der Waals surface area contributed by atoms with Crippen molar-refractivity contribution in [3.8, 4) is 5.00 Å². The Morgan fingerprint density at radius 2 is 1.74 bits per heavy atom. The lowest BCUT2D eigenvalue weighted by atomic mass is 9.98. The maximum Gasteiger partial charge on any atom is 0.173 e. The molecule has 10 heteroatoms. The van der Waals surface area contributed by atoms with E-state index in [1.54, 1.807) is 0 Å². The fourth-order valence-electron chi connectivity index (χ4n) is 5.79. The number of piperazine rings is 1. The van der Waals surface area contributed by atoms with Crippen molar-refractivity contribution in [2.45, 2.75) is 71.8 Å². The summed E-state index contributed by atoms with van der Waals surface area (Å²) < 4.78 is 2.02. The lowest BCUT2D eigenvalue weighted by Crippen LogP contribution is -2.44. The van der Waals surface area contributed by atoms with Crippen LogP contribution in [0.15, 0.2) is 29.3 Å². The number of aliphatic imine (C=N–C) groups is 1. The number of ketones is 2. The summed E-state index contributed by atoms with van der Waals surface area (Å²) in [5.74, 6) is 1.70. The Morgan fingerprint density at radius 3 is 2.45 bits per heavy atom. The van der Waals surface area contributed by atoms with Crippen LogP contribution in [0, 0.1) is 13.8 Å². The summed E-state index contributed by atoms with van der Waals surface area (Å²) in [6, 6.07) is 7.14. The molecule has 1 atom stereocenters. The molecule has 4 heterocycles. The van der Waals surface area contributed by atoms with Gasteiger partial charge in [0.05, 0.1) is 10.6 Å². The van der Waals surface area contributed by atoms with Crippen LogP contribution in [0.5, 0.6) is 0 Å². The molecule has 3 aromatic rings. The molecule has 0 unspecified atom stereocenters. The molecule has 42 heavy (non-hydrogen) atoms. The van der Waals surface area contributed by atoms with Crippen LogP contribution in [-0.2, 0) is 4.79 Å². The van der Waals surface area contributed by atoms with Gasteiger partial charge in [-0.2, -0.15) is 0 Å². The van der Waals surface area contributed by atoms with Gasteiger partial charge in [-0.05, 0) is 64.4 Å². The molecule has 0 amide bonds. The van der Waals surface area contributed by atoms with Crippen molar-refractivity contribution >= 4 is 40.2 Å². The SMILES string of the molecule is CCCCC(=O)c1sc2c(c1C)C(c1ccc(Cl)cc1)=N[C@@H](CC(=O)CCCCN1CCN(C)CC1)c1nnc(C)n1-2. The summed E-state index contributed by atoms with van der Waals surface area (Å²) >= 11 is 7.73. The van der Waals surface area contributed by atoms with Crippen LogP contribution in [0.2, 0.25) is 5.02 Å². The summed E-state index contributed by atoms with van der Waals surface area (Å²) in [7, 11) is 2.17. The third kappa shape index (κ3) is 6.75. The number of hydrogen-bond donors (Lipinski definition) is 0. The third-order valence-corrected chi connectivity index (χ3v) is 9.90. The predicted molar refractivity (Wildman–Crippen MR) is 170 cm³/mol. The predicted octanol–water partition coefficient (Wildman–Crippen LogP) is 6.24. The second-order valence-electron chi connectivity index (χ2n) is 11.5. The normalized spacial score (nSPS) is 17.5. The number of unbranched alkanes of at least 4 members (excludes halogenated alkanes) is 2. The minimum atomic E-state index is -0.472. The number of carbonyl (C=O) groups is 2. The molecule has 2 aliphatic heterocycles. The van der Waals surface area contributed by atoms with Crippen molar-refractivity contribution in [3.63, 3.8) is 0 Å². The molecule has 0 saturated carbocycles. The third-order valence-electron chi connectivity index (χ3n) is 8.33. The zero-order valence-electron chi connectivity index (χ0n) is 25.2. The van der Waals surface area contributed by atoms with Crippen LogP contribution >= 0.6 is 22.9 Å². The van der Waals surface area contributed by atoms with Crippen molar-refractivity contribution < 1.29 is 9.59 Å². The number of aryl methyl sites for hydroxylation is 1. The largest absolute Gasteiger partial charge is 0.304 e. The molecule has 8 nitrogen and oxygen atoms in total. The van der Waals surface area contributed by atoms with E-state index in [4.69, 9.17) is 16.6 Å². The quantitative estimate of drug-likeness (QED) is 0.179. The Hall–Kier alpha value is -2.72. The van der Waals surface area contributed by atoms with E-state index in [1.165, 1.54) is 11.3 Å². The summed E-state index contributed by atoms with van der Waals surface area (Å²) in [6.45, 7) is 11.5. The van der Waals surface area contributed by atoms with E-state index in [1.807, 2.05) is 42.7 Å². The molecule has 224 valence electrons. The van der Waals surface area contributed by atoms with Gasteiger partial charge in [-0.15, -0.1) is 21.5 Å². The van der Waals surface area contributed by atoms with Gasteiger partial charge in [-0.1, -0.05) is 37.1 Å². The number of Topliss-reactive ketones (excluding diaryl/α,β-unsaturated/α-hetero) is 2. The minimum Gasteiger partial charge on any atom is -0.304 e. The summed E-state index contributed by atoms with van der Waals surface area (Å²) in [4.78, 5) is 37.4. The maximum atomic E-state index is 13.3. The number of nitrogens with zero attached hydrogens (tertiary/aromatic N) is 6. The van der Waals surface area contributed by atoms with E-state index >= 15 is 0 Å². The van der Waals surface area contributed by atoms with E-state index in [9.17, 15) is 9.59 Å². The topological polar surface area (TPSA) is 83.7 Å². The van der Waals surface area contributed by atoms with Crippen LogP contribution < -0.4 is 0 Å². The number of fused-ring (bicyclic) bond motifs is 3. The zero-order valence-corrected chi connectivity index (χ0v) is 26.7. The van der Waals surface area contributed by atoms with Gasteiger partial charge in [-0.3, -0.25) is 19.1 Å². The number of hydrogen-bond acceptors (Lipinski definition) is 8. The van der Waals surface area contributed by atoms with Crippen molar-refractivity contribution in [3.05, 3.63) is 62.5 Å². The van der Waals surface area contributed by atoms with Gasteiger partial charge in [0.1, 0.15) is 22.7 Å². The molecule has 1 aromatic carbocycles. The van der Waals surface area contributed by atoms with E-state index in [2.05, 4.69) is 34.0 Å². The number of rotatable bonds is 12. The average molecular weight is 609 g/mol. The highest BCUT2D eigenvalue weighted by atomic mass is 35.5. The molecule has 0 radical (unpaired) electrons. The number of likely N-dealkylation sites (N-methyl/N-ethyl adjacent to an activating group) is 1. The highest BCUT2D eigenvalue weighted by Gasteiger charge is 2.33. The zero-order chi connectivity index (χ0) is 29.8. The van der Waals surface area contributed by atoms with Gasteiger partial charge >= 0.3 is 0 Å². The molecule has 5 rings (SSSR count). The molecule has 0 N–H and O–H groups in total. The highest BCUT2D eigenvalue weighted by Crippen LogP contribution is 2.40. The standard InChI is InChI=1S/C32H41ClN6O2S/c1-5-6-10-27(41)30-21(2)28-29(23-11-13-24(33)14-12-23)34-26(31-36-35-22(3)39(31)32(28)42-30)20-25(40)9-7-8-15-38-18-16-37(4)17-19-38/h11-14,26H,5-10,15-20H2,1-4H3/t26-/m0/s1. The first-order chi connectivity index (χ1) is 20.3. The number of thiophene rings is 1. The number of carbonyl (C=O) groups excluding carboxylic acids is 2. The minimum absolute atomic E-state index is 0.151. The monoisotopic (exact) mass is 608 g/mol.